The Morgan fingerprint density at radius 3 is 2.60 bits per heavy atom. The van der Waals surface area contributed by atoms with E-state index in [1.54, 1.807) is 30.3 Å². The van der Waals surface area contributed by atoms with E-state index in [-0.39, 0.29) is 16.5 Å². The van der Waals surface area contributed by atoms with Crippen molar-refractivity contribution in [3.63, 3.8) is 0 Å². The highest BCUT2D eigenvalue weighted by Gasteiger charge is 2.35. The Labute approximate surface area is 190 Å². The fourth-order valence-electron chi connectivity index (χ4n) is 2.86. The molecule has 30 heavy (non-hydrogen) atoms. The molecule has 1 saturated heterocycles. The maximum Gasteiger partial charge on any atom is 0.293 e. The standard InChI is InChI=1S/C21H11Cl3FNO3S/c22-15-3-1-2-14(19(15)24)17-7-6-13(29-17)9-18-20(27)26(21(28)30-18)10-11-4-5-12(25)8-16(11)23/h1-9H,10H2/b18-9-. The molecule has 1 aromatic heterocycles. The Hall–Kier alpha value is -2.25. The quantitative estimate of drug-likeness (QED) is 0.367. The molecule has 0 N–H and O–H groups in total. The van der Waals surface area contributed by atoms with Crippen LogP contribution in [0.2, 0.25) is 15.1 Å². The van der Waals surface area contributed by atoms with Crippen molar-refractivity contribution in [2.24, 2.45) is 0 Å². The van der Waals surface area contributed by atoms with Crippen LogP contribution in [0.1, 0.15) is 11.3 Å². The summed E-state index contributed by atoms with van der Waals surface area (Å²) >= 11 is 19.1. The van der Waals surface area contributed by atoms with Gasteiger partial charge in [0.1, 0.15) is 17.3 Å². The minimum absolute atomic E-state index is 0.0529. The highest BCUT2D eigenvalue weighted by atomic mass is 35.5. The number of carbonyl (C=O) groups is 2. The molecule has 0 aliphatic carbocycles. The van der Waals surface area contributed by atoms with Crippen molar-refractivity contribution in [2.45, 2.75) is 6.54 Å². The van der Waals surface area contributed by atoms with Crippen LogP contribution in [-0.2, 0) is 11.3 Å². The van der Waals surface area contributed by atoms with Gasteiger partial charge in [-0.2, -0.15) is 0 Å². The monoisotopic (exact) mass is 481 g/mol. The van der Waals surface area contributed by atoms with Gasteiger partial charge in [-0.3, -0.25) is 14.5 Å². The van der Waals surface area contributed by atoms with Crippen LogP contribution >= 0.6 is 46.6 Å². The van der Waals surface area contributed by atoms with Gasteiger partial charge in [-0.1, -0.05) is 46.9 Å². The second-order valence-electron chi connectivity index (χ2n) is 6.31. The maximum atomic E-state index is 13.2. The number of hydrogen-bond donors (Lipinski definition) is 0. The van der Waals surface area contributed by atoms with Crippen LogP contribution in [0, 0.1) is 5.82 Å². The number of carbonyl (C=O) groups excluding carboxylic acids is 2. The molecule has 4 nitrogen and oxygen atoms in total. The van der Waals surface area contributed by atoms with Crippen LogP contribution in [0.25, 0.3) is 17.4 Å². The SMILES string of the molecule is O=C1S/C(=C\c2ccc(-c3cccc(Cl)c3Cl)o2)C(=O)N1Cc1ccc(F)cc1Cl. The lowest BCUT2D eigenvalue weighted by Gasteiger charge is -2.13. The first-order valence-corrected chi connectivity index (χ1v) is 10.5. The van der Waals surface area contributed by atoms with Crippen molar-refractivity contribution in [3.8, 4) is 11.3 Å². The number of rotatable bonds is 4. The third-order valence-corrected chi connectivity index (χ3v) is 6.41. The van der Waals surface area contributed by atoms with E-state index >= 15 is 0 Å². The summed E-state index contributed by atoms with van der Waals surface area (Å²) in [5.74, 6) is -0.118. The highest BCUT2D eigenvalue weighted by Crippen LogP contribution is 2.37. The van der Waals surface area contributed by atoms with Gasteiger partial charge < -0.3 is 4.42 Å². The number of benzene rings is 2. The number of hydrogen-bond acceptors (Lipinski definition) is 4. The fourth-order valence-corrected chi connectivity index (χ4v) is 4.29. The summed E-state index contributed by atoms with van der Waals surface area (Å²) in [6.07, 6.45) is 1.49. The largest absolute Gasteiger partial charge is 0.457 e. The number of furan rings is 1. The Bertz CT molecular complexity index is 1210. The molecule has 0 radical (unpaired) electrons. The number of imide groups is 1. The van der Waals surface area contributed by atoms with Gasteiger partial charge in [0.2, 0.25) is 0 Å². The Kier molecular flexibility index (Phi) is 5.93. The molecule has 0 bridgehead atoms. The molecule has 152 valence electrons. The van der Waals surface area contributed by atoms with Gasteiger partial charge in [0, 0.05) is 16.7 Å². The molecule has 0 spiro atoms. The summed E-state index contributed by atoms with van der Waals surface area (Å²) in [5.41, 5.74) is 1.08. The van der Waals surface area contributed by atoms with Crippen molar-refractivity contribution < 1.29 is 18.4 Å². The highest BCUT2D eigenvalue weighted by molar-refractivity contribution is 8.18. The molecule has 0 atom stereocenters. The maximum absolute atomic E-state index is 13.2. The molecule has 1 fully saturated rings. The normalized spacial score (nSPS) is 15.5. The molecule has 9 heteroatoms. The molecule has 1 aliphatic heterocycles. The van der Waals surface area contributed by atoms with E-state index in [0.717, 1.165) is 22.7 Å². The number of amides is 2. The van der Waals surface area contributed by atoms with Gasteiger partial charge in [0.15, 0.2) is 0 Å². The van der Waals surface area contributed by atoms with Gasteiger partial charge in [0.25, 0.3) is 11.1 Å². The van der Waals surface area contributed by atoms with E-state index in [4.69, 9.17) is 39.2 Å². The second kappa shape index (κ2) is 8.47. The molecule has 0 saturated carbocycles. The second-order valence-corrected chi connectivity index (χ2v) is 8.49. The van der Waals surface area contributed by atoms with Crippen molar-refractivity contribution in [3.05, 3.63) is 85.6 Å². The van der Waals surface area contributed by atoms with Crippen LogP contribution in [-0.4, -0.2) is 16.0 Å². The first-order valence-electron chi connectivity index (χ1n) is 8.57. The summed E-state index contributed by atoms with van der Waals surface area (Å²) in [6, 6.07) is 12.3. The van der Waals surface area contributed by atoms with E-state index in [9.17, 15) is 14.0 Å². The first kappa shape index (κ1) is 21.0. The van der Waals surface area contributed by atoms with E-state index in [2.05, 4.69) is 0 Å². The van der Waals surface area contributed by atoms with Gasteiger partial charge in [-0.15, -0.1) is 0 Å². The number of nitrogens with zero attached hydrogens (tertiary/aromatic N) is 1. The minimum Gasteiger partial charge on any atom is -0.457 e. The van der Waals surface area contributed by atoms with Gasteiger partial charge in [0.05, 0.1) is 21.5 Å². The molecular formula is C21H11Cl3FNO3S. The lowest BCUT2D eigenvalue weighted by Crippen LogP contribution is -2.27. The van der Waals surface area contributed by atoms with E-state index < -0.39 is 17.0 Å². The topological polar surface area (TPSA) is 50.5 Å². The molecule has 2 aromatic carbocycles. The zero-order chi connectivity index (χ0) is 21.4. The van der Waals surface area contributed by atoms with Crippen molar-refractivity contribution in [2.75, 3.05) is 0 Å². The summed E-state index contributed by atoms with van der Waals surface area (Å²) in [5, 5.41) is 0.452. The smallest absolute Gasteiger partial charge is 0.293 e. The third-order valence-electron chi connectivity index (χ3n) is 4.33. The third kappa shape index (κ3) is 4.14. The van der Waals surface area contributed by atoms with Crippen molar-refractivity contribution in [1.82, 2.24) is 4.90 Å². The zero-order valence-electron chi connectivity index (χ0n) is 15.0. The van der Waals surface area contributed by atoms with Crippen molar-refractivity contribution >= 4 is 63.8 Å². The van der Waals surface area contributed by atoms with Gasteiger partial charge in [-0.25, -0.2) is 4.39 Å². The minimum atomic E-state index is -0.494. The number of halogens is 4. The van der Waals surface area contributed by atoms with E-state index in [0.29, 0.717) is 32.7 Å². The summed E-state index contributed by atoms with van der Waals surface area (Å²) in [4.78, 5) is 26.3. The molecular weight excluding hydrogens is 472 g/mol. The zero-order valence-corrected chi connectivity index (χ0v) is 18.1. The predicted molar refractivity (Wildman–Crippen MR) is 117 cm³/mol. The fraction of sp³-hybridized carbons (Fsp3) is 0.0476. The summed E-state index contributed by atoms with van der Waals surface area (Å²) < 4.78 is 19.0. The van der Waals surface area contributed by atoms with E-state index in [1.807, 2.05) is 0 Å². The molecule has 2 amide bonds. The average Bonchev–Trinajstić information content (AvgIpc) is 3.26. The van der Waals surface area contributed by atoms with Crippen molar-refractivity contribution in [1.29, 1.82) is 0 Å². The predicted octanol–water partition coefficient (Wildman–Crippen LogP) is 7.28. The molecule has 3 aromatic rings. The molecule has 2 heterocycles. The van der Waals surface area contributed by atoms with Crippen LogP contribution in [0.15, 0.2) is 57.9 Å². The average molecular weight is 483 g/mol. The van der Waals surface area contributed by atoms with Crippen LogP contribution in [0.4, 0.5) is 9.18 Å². The van der Waals surface area contributed by atoms with Crippen LogP contribution in [0.5, 0.6) is 0 Å². The summed E-state index contributed by atoms with van der Waals surface area (Å²) in [7, 11) is 0. The molecule has 0 unspecified atom stereocenters. The number of thioether (sulfide) groups is 1. The Morgan fingerprint density at radius 2 is 1.83 bits per heavy atom. The van der Waals surface area contributed by atoms with Gasteiger partial charge >= 0.3 is 0 Å². The summed E-state index contributed by atoms with van der Waals surface area (Å²) in [6.45, 7) is -0.0529. The van der Waals surface area contributed by atoms with Gasteiger partial charge in [-0.05, 0) is 53.7 Å². The lowest BCUT2D eigenvalue weighted by molar-refractivity contribution is -0.123. The van der Waals surface area contributed by atoms with Crippen LogP contribution < -0.4 is 0 Å². The lowest BCUT2D eigenvalue weighted by atomic mass is 10.2. The Morgan fingerprint density at radius 1 is 1.03 bits per heavy atom. The van der Waals surface area contributed by atoms with Crippen LogP contribution in [0.3, 0.4) is 0 Å². The van der Waals surface area contributed by atoms with E-state index in [1.165, 1.54) is 18.2 Å². The Balaban J connectivity index is 1.57. The molecule has 1 aliphatic rings. The molecule has 4 rings (SSSR count). The first-order chi connectivity index (χ1) is 14.3.